The first-order valence-electron chi connectivity index (χ1n) is 12.4. The molecule has 0 saturated carbocycles. The lowest BCUT2D eigenvalue weighted by atomic mass is 9.97. The summed E-state index contributed by atoms with van der Waals surface area (Å²) >= 11 is 1.70. The van der Waals surface area contributed by atoms with Gasteiger partial charge in [-0.1, -0.05) is 24.3 Å². The van der Waals surface area contributed by atoms with Crippen molar-refractivity contribution in [3.05, 3.63) is 63.0 Å². The minimum atomic E-state index is -0.576. The highest BCUT2D eigenvalue weighted by Gasteiger charge is 2.33. The fourth-order valence-electron chi connectivity index (χ4n) is 4.43. The highest BCUT2D eigenvalue weighted by atomic mass is 32.1. The average Bonchev–Trinajstić information content (AvgIpc) is 3.28. The molecule has 0 radical (unpaired) electrons. The molecule has 0 fully saturated rings. The number of nitrogens with one attached hydrogen (secondary N) is 1. The van der Waals surface area contributed by atoms with Crippen molar-refractivity contribution in [2.75, 3.05) is 6.54 Å². The minimum absolute atomic E-state index is 0.0862. The maximum atomic E-state index is 12.9. The minimum Gasteiger partial charge on any atom is -0.460 e. The normalized spacial score (nSPS) is 15.2. The van der Waals surface area contributed by atoms with E-state index in [9.17, 15) is 4.79 Å². The van der Waals surface area contributed by atoms with Gasteiger partial charge < -0.3 is 9.94 Å². The van der Waals surface area contributed by atoms with Gasteiger partial charge in [0.15, 0.2) is 5.82 Å². The quantitative estimate of drug-likeness (QED) is 0.246. The highest BCUT2D eigenvalue weighted by molar-refractivity contribution is 7.15. The van der Waals surface area contributed by atoms with Crippen LogP contribution >= 0.6 is 11.3 Å². The van der Waals surface area contributed by atoms with E-state index in [0.717, 1.165) is 46.9 Å². The molecule has 1 aromatic carbocycles. The summed E-state index contributed by atoms with van der Waals surface area (Å²) in [5.74, 6) is 1.12. The Bertz CT molecular complexity index is 1270. The van der Waals surface area contributed by atoms with Crippen molar-refractivity contribution in [3.63, 3.8) is 0 Å². The molecule has 3 aromatic rings. The first-order valence-corrected chi connectivity index (χ1v) is 13.2. The first-order chi connectivity index (χ1) is 17.1. The number of unbranched alkanes of at least 4 members (excludes halogenated alkanes) is 1. The van der Waals surface area contributed by atoms with Gasteiger partial charge in [0.1, 0.15) is 22.5 Å². The molecule has 2 aromatic heterocycles. The van der Waals surface area contributed by atoms with E-state index in [-0.39, 0.29) is 12.4 Å². The van der Waals surface area contributed by atoms with Gasteiger partial charge in [-0.3, -0.25) is 14.4 Å². The van der Waals surface area contributed by atoms with Crippen LogP contribution in [0.1, 0.15) is 84.9 Å². The van der Waals surface area contributed by atoms with Gasteiger partial charge in [0.2, 0.25) is 0 Å². The van der Waals surface area contributed by atoms with Crippen molar-refractivity contribution in [1.82, 2.24) is 20.2 Å². The summed E-state index contributed by atoms with van der Waals surface area (Å²) in [4.78, 5) is 19.2. The summed E-state index contributed by atoms with van der Waals surface area (Å²) in [6.45, 7) is 12.4. The van der Waals surface area contributed by atoms with Crippen molar-refractivity contribution in [2.45, 2.75) is 78.9 Å². The second kappa shape index (κ2) is 10.6. The van der Waals surface area contributed by atoms with E-state index in [2.05, 4.69) is 58.4 Å². The lowest BCUT2D eigenvalue weighted by Gasteiger charge is -2.21. The van der Waals surface area contributed by atoms with Crippen LogP contribution in [0.25, 0.3) is 5.00 Å². The number of thiophene rings is 1. The molecule has 4 rings (SSSR count). The third-order valence-electron chi connectivity index (χ3n) is 6.25. The van der Waals surface area contributed by atoms with Gasteiger partial charge in [-0.15, -0.1) is 21.5 Å². The number of carbonyl (C=O) groups is 1. The Morgan fingerprint density at radius 3 is 2.53 bits per heavy atom. The molecule has 192 valence electrons. The molecule has 1 atom stereocenters. The second-order valence-electron chi connectivity index (χ2n) is 10.3. The molecular formula is C27H35N5O3S. The Morgan fingerprint density at radius 2 is 1.86 bits per heavy atom. The van der Waals surface area contributed by atoms with Crippen molar-refractivity contribution >= 4 is 23.0 Å². The second-order valence-corrected chi connectivity index (χ2v) is 11.5. The van der Waals surface area contributed by atoms with Crippen LogP contribution in [0.4, 0.5) is 0 Å². The van der Waals surface area contributed by atoms with E-state index in [1.165, 1.54) is 16.0 Å². The summed E-state index contributed by atoms with van der Waals surface area (Å²) < 4.78 is 7.68. The molecule has 0 aliphatic carbocycles. The number of hydrogen-bond donors (Lipinski definition) is 2. The molecule has 1 aliphatic rings. The molecule has 2 N–H and O–H groups in total. The number of aromatic nitrogens is 3. The van der Waals surface area contributed by atoms with Crippen molar-refractivity contribution in [2.24, 2.45) is 4.99 Å². The first kappa shape index (κ1) is 26.2. The fraction of sp³-hybridized carbons (Fsp3) is 0.481. The predicted molar refractivity (Wildman–Crippen MR) is 141 cm³/mol. The number of esters is 1. The SMILES string of the molecule is Cc1sc2c(c1C)C(c1ccc(CCCCNO)cc1)=NC(CC(=O)OC(C)(C)C)c1nnc(C)n1-2. The maximum absolute atomic E-state index is 12.9. The van der Waals surface area contributed by atoms with Gasteiger partial charge in [-0.05, 0) is 71.9 Å². The Balaban J connectivity index is 1.76. The summed E-state index contributed by atoms with van der Waals surface area (Å²) in [6, 6.07) is 7.98. The van der Waals surface area contributed by atoms with Crippen LogP contribution in [-0.2, 0) is 16.0 Å². The summed E-state index contributed by atoms with van der Waals surface area (Å²) in [5.41, 5.74) is 6.97. The molecule has 0 spiro atoms. The van der Waals surface area contributed by atoms with Crippen LogP contribution in [0.15, 0.2) is 29.3 Å². The third kappa shape index (κ3) is 5.58. The van der Waals surface area contributed by atoms with E-state index in [1.807, 2.05) is 27.7 Å². The van der Waals surface area contributed by atoms with Crippen LogP contribution < -0.4 is 5.48 Å². The lowest BCUT2D eigenvalue weighted by molar-refractivity contribution is -0.155. The zero-order valence-corrected chi connectivity index (χ0v) is 22.7. The Morgan fingerprint density at radius 1 is 1.14 bits per heavy atom. The summed E-state index contributed by atoms with van der Waals surface area (Å²) in [6.07, 6.45) is 2.93. The number of nitrogens with zero attached hydrogens (tertiary/aromatic N) is 4. The van der Waals surface area contributed by atoms with Crippen LogP contribution in [-0.4, -0.2) is 43.8 Å². The average molecular weight is 510 g/mol. The number of carbonyl (C=O) groups excluding carboxylic acids is 1. The molecule has 0 saturated heterocycles. The maximum Gasteiger partial charge on any atom is 0.308 e. The molecule has 8 nitrogen and oxygen atoms in total. The monoisotopic (exact) mass is 509 g/mol. The number of ether oxygens (including phenoxy) is 1. The topological polar surface area (TPSA) is 102 Å². The van der Waals surface area contributed by atoms with E-state index in [1.54, 1.807) is 11.3 Å². The zero-order valence-electron chi connectivity index (χ0n) is 21.9. The molecule has 9 heteroatoms. The Kier molecular flexibility index (Phi) is 7.73. The smallest absolute Gasteiger partial charge is 0.308 e. The predicted octanol–water partition coefficient (Wildman–Crippen LogP) is 5.18. The van der Waals surface area contributed by atoms with E-state index in [0.29, 0.717) is 12.4 Å². The Hall–Kier alpha value is -2.88. The summed E-state index contributed by atoms with van der Waals surface area (Å²) in [5, 5.41) is 18.6. The number of aryl methyl sites for hydroxylation is 3. The number of fused-ring (bicyclic) bond motifs is 3. The van der Waals surface area contributed by atoms with Crippen LogP contribution in [0.5, 0.6) is 0 Å². The van der Waals surface area contributed by atoms with Gasteiger partial charge in [-0.2, -0.15) is 0 Å². The van der Waals surface area contributed by atoms with Gasteiger partial charge >= 0.3 is 5.97 Å². The van der Waals surface area contributed by atoms with E-state index >= 15 is 0 Å². The molecule has 0 amide bonds. The largest absolute Gasteiger partial charge is 0.460 e. The van der Waals surface area contributed by atoms with Crippen molar-refractivity contribution < 1.29 is 14.7 Å². The number of rotatable bonds is 8. The number of benzene rings is 1. The highest BCUT2D eigenvalue weighted by Crippen LogP contribution is 2.39. The molecule has 1 aliphatic heterocycles. The van der Waals surface area contributed by atoms with Crippen LogP contribution in [0, 0.1) is 20.8 Å². The standard InChI is InChI=1S/C27H35N5O3S/c1-16-17(2)36-26-23(16)24(20-12-10-19(11-13-20)9-7-8-14-28-34)29-21(15-22(33)35-27(4,5)6)25-31-30-18(3)32(25)26/h10-13,21,28,34H,7-9,14-15H2,1-6H3. The molecule has 36 heavy (non-hydrogen) atoms. The Labute approximate surface area is 216 Å². The summed E-state index contributed by atoms with van der Waals surface area (Å²) in [7, 11) is 0. The van der Waals surface area contributed by atoms with Gasteiger partial charge in [0, 0.05) is 22.5 Å². The lowest BCUT2D eigenvalue weighted by Crippen LogP contribution is -2.25. The van der Waals surface area contributed by atoms with Gasteiger partial charge in [0.05, 0.1) is 12.1 Å². The molecular weight excluding hydrogens is 474 g/mol. The van der Waals surface area contributed by atoms with E-state index in [4.69, 9.17) is 14.9 Å². The van der Waals surface area contributed by atoms with Crippen molar-refractivity contribution in [3.8, 4) is 5.00 Å². The number of hydroxylamine groups is 1. The van der Waals surface area contributed by atoms with E-state index < -0.39 is 11.6 Å². The zero-order chi connectivity index (χ0) is 26.0. The fourth-order valence-corrected chi connectivity index (χ4v) is 5.64. The molecule has 3 heterocycles. The van der Waals surface area contributed by atoms with Gasteiger partial charge in [-0.25, -0.2) is 5.48 Å². The number of hydrogen-bond acceptors (Lipinski definition) is 8. The van der Waals surface area contributed by atoms with Crippen LogP contribution in [0.2, 0.25) is 0 Å². The third-order valence-corrected chi connectivity index (χ3v) is 7.44. The molecule has 1 unspecified atom stereocenters. The van der Waals surface area contributed by atoms with Gasteiger partial charge in [0.25, 0.3) is 0 Å². The number of aliphatic imine (C=N–C) groups is 1. The molecule has 0 bridgehead atoms. The van der Waals surface area contributed by atoms with Crippen molar-refractivity contribution in [1.29, 1.82) is 0 Å². The van der Waals surface area contributed by atoms with Crippen LogP contribution in [0.3, 0.4) is 0 Å².